The molecule has 5 heteroatoms. The Balaban J connectivity index is 2.32. The predicted molar refractivity (Wildman–Crippen MR) is 46.1 cm³/mol. The highest BCUT2D eigenvalue weighted by Crippen LogP contribution is 2.44. The summed E-state index contributed by atoms with van der Waals surface area (Å²) in [5, 5.41) is 8.73. The number of benzene rings is 1. The average Bonchev–Trinajstić information content (AvgIpc) is 2.95. The number of aliphatic hydroxyl groups is 1. The van der Waals surface area contributed by atoms with Gasteiger partial charge in [0, 0.05) is 0 Å². The zero-order chi connectivity index (χ0) is 11.1. The van der Waals surface area contributed by atoms with Gasteiger partial charge in [0.1, 0.15) is 12.2 Å². The minimum absolute atomic E-state index is 0.101. The molecule has 0 spiro atoms. The van der Waals surface area contributed by atoms with Crippen LogP contribution in [0.25, 0.3) is 0 Å². The van der Waals surface area contributed by atoms with Crippen molar-refractivity contribution in [2.24, 2.45) is 0 Å². The van der Waals surface area contributed by atoms with Gasteiger partial charge >= 0.3 is 6.18 Å². The third-order valence-corrected chi connectivity index (χ3v) is 2.34. The summed E-state index contributed by atoms with van der Waals surface area (Å²) in [5.74, 6) is 0. The molecule has 1 aliphatic rings. The maximum absolute atomic E-state index is 12.5. The zero-order valence-corrected chi connectivity index (χ0v) is 7.66. The molecule has 15 heavy (non-hydrogen) atoms. The van der Waals surface area contributed by atoms with E-state index >= 15 is 0 Å². The fourth-order valence-electron chi connectivity index (χ4n) is 1.56. The first-order valence-electron chi connectivity index (χ1n) is 4.46. The minimum atomic E-state index is -4.37. The molecule has 1 fully saturated rings. The van der Waals surface area contributed by atoms with E-state index in [-0.39, 0.29) is 12.2 Å². The fourth-order valence-corrected chi connectivity index (χ4v) is 1.56. The van der Waals surface area contributed by atoms with Crippen molar-refractivity contribution in [1.29, 1.82) is 0 Å². The summed E-state index contributed by atoms with van der Waals surface area (Å²) in [4.78, 5) is 0. The first-order valence-corrected chi connectivity index (χ1v) is 4.46. The normalized spacial score (nSPS) is 25.3. The molecule has 0 amide bonds. The van der Waals surface area contributed by atoms with E-state index in [1.807, 2.05) is 0 Å². The lowest BCUT2D eigenvalue weighted by Gasteiger charge is -2.10. The SMILES string of the molecule is OC[C@H]1O[C@@H]1c1ccccc1C(F)(F)F. The minimum Gasteiger partial charge on any atom is -0.394 e. The van der Waals surface area contributed by atoms with E-state index in [2.05, 4.69) is 0 Å². The number of alkyl halides is 3. The van der Waals surface area contributed by atoms with Gasteiger partial charge in [-0.3, -0.25) is 0 Å². The Hall–Kier alpha value is -1.07. The van der Waals surface area contributed by atoms with Gasteiger partial charge < -0.3 is 9.84 Å². The predicted octanol–water partition coefficient (Wildman–Crippen LogP) is 2.14. The summed E-state index contributed by atoms with van der Waals surface area (Å²) in [7, 11) is 0. The van der Waals surface area contributed by atoms with Gasteiger partial charge in [0.25, 0.3) is 0 Å². The van der Waals surface area contributed by atoms with E-state index in [9.17, 15) is 13.2 Å². The van der Waals surface area contributed by atoms with Crippen LogP contribution in [0.1, 0.15) is 17.2 Å². The smallest absolute Gasteiger partial charge is 0.394 e. The third-order valence-electron chi connectivity index (χ3n) is 2.34. The van der Waals surface area contributed by atoms with Crippen LogP contribution in [0.2, 0.25) is 0 Å². The largest absolute Gasteiger partial charge is 0.416 e. The van der Waals surface area contributed by atoms with E-state index in [0.29, 0.717) is 0 Å². The summed E-state index contributed by atoms with van der Waals surface area (Å²) in [6.45, 7) is -0.253. The van der Waals surface area contributed by atoms with Crippen LogP contribution < -0.4 is 0 Å². The van der Waals surface area contributed by atoms with Crippen molar-refractivity contribution in [3.63, 3.8) is 0 Å². The van der Waals surface area contributed by atoms with E-state index < -0.39 is 23.9 Å². The molecule has 1 aromatic carbocycles. The highest BCUT2D eigenvalue weighted by Gasteiger charge is 2.45. The molecule has 1 heterocycles. The molecule has 2 rings (SSSR count). The van der Waals surface area contributed by atoms with Gasteiger partial charge in [0.15, 0.2) is 0 Å². The second-order valence-electron chi connectivity index (χ2n) is 3.36. The topological polar surface area (TPSA) is 32.8 Å². The molecule has 0 aliphatic carbocycles. The molecule has 2 atom stereocenters. The van der Waals surface area contributed by atoms with Gasteiger partial charge in [-0.2, -0.15) is 13.2 Å². The van der Waals surface area contributed by atoms with E-state index in [0.717, 1.165) is 6.07 Å². The molecular weight excluding hydrogens is 209 g/mol. The number of epoxide rings is 1. The van der Waals surface area contributed by atoms with Gasteiger partial charge in [0.05, 0.1) is 12.2 Å². The van der Waals surface area contributed by atoms with Crippen LogP contribution in [-0.2, 0) is 10.9 Å². The van der Waals surface area contributed by atoms with Crippen molar-refractivity contribution in [2.45, 2.75) is 18.4 Å². The molecule has 0 aromatic heterocycles. The lowest BCUT2D eigenvalue weighted by atomic mass is 10.0. The van der Waals surface area contributed by atoms with Crippen LogP contribution in [0.3, 0.4) is 0 Å². The second-order valence-corrected chi connectivity index (χ2v) is 3.36. The Morgan fingerprint density at radius 2 is 1.93 bits per heavy atom. The molecule has 0 bridgehead atoms. The summed E-state index contributed by atoms with van der Waals surface area (Å²) in [5.41, 5.74) is -0.588. The summed E-state index contributed by atoms with van der Waals surface area (Å²) in [6, 6.07) is 5.26. The quantitative estimate of drug-likeness (QED) is 0.771. The van der Waals surface area contributed by atoms with Crippen molar-refractivity contribution >= 4 is 0 Å². The van der Waals surface area contributed by atoms with E-state index in [1.54, 1.807) is 0 Å². The zero-order valence-electron chi connectivity index (χ0n) is 7.66. The maximum Gasteiger partial charge on any atom is 0.416 e. The van der Waals surface area contributed by atoms with Gasteiger partial charge in [-0.25, -0.2) is 0 Å². The Kier molecular flexibility index (Phi) is 2.44. The Labute approximate surface area is 84.3 Å². The lowest BCUT2D eigenvalue weighted by Crippen LogP contribution is -2.09. The van der Waals surface area contributed by atoms with Gasteiger partial charge in [0.2, 0.25) is 0 Å². The number of halogens is 3. The third kappa shape index (κ3) is 1.98. The van der Waals surface area contributed by atoms with Crippen molar-refractivity contribution in [3.05, 3.63) is 35.4 Å². The maximum atomic E-state index is 12.5. The van der Waals surface area contributed by atoms with Crippen molar-refractivity contribution < 1.29 is 23.0 Å². The number of rotatable bonds is 2. The van der Waals surface area contributed by atoms with Gasteiger partial charge in [-0.05, 0) is 11.6 Å². The van der Waals surface area contributed by atoms with E-state index in [4.69, 9.17) is 9.84 Å². The van der Waals surface area contributed by atoms with E-state index in [1.165, 1.54) is 18.2 Å². The lowest BCUT2D eigenvalue weighted by molar-refractivity contribution is -0.138. The number of hydrogen-bond acceptors (Lipinski definition) is 2. The van der Waals surface area contributed by atoms with Crippen LogP contribution in [0.4, 0.5) is 13.2 Å². The molecule has 1 aliphatic heterocycles. The van der Waals surface area contributed by atoms with Crippen molar-refractivity contribution in [1.82, 2.24) is 0 Å². The standard InChI is InChI=1S/C10H9F3O2/c11-10(12,13)7-4-2-1-3-6(7)9-8(5-14)15-9/h1-4,8-9,14H,5H2/t8-,9-/m1/s1. The number of aliphatic hydroxyl groups excluding tert-OH is 1. The Bertz CT molecular complexity index is 362. The molecule has 0 saturated carbocycles. The van der Waals surface area contributed by atoms with Crippen LogP contribution in [-0.4, -0.2) is 17.8 Å². The number of ether oxygens (including phenoxy) is 1. The molecular formula is C10H9F3O2. The first-order chi connectivity index (χ1) is 7.04. The molecule has 0 unspecified atom stereocenters. The van der Waals surface area contributed by atoms with Crippen LogP contribution in [0.15, 0.2) is 24.3 Å². The highest BCUT2D eigenvalue weighted by molar-refractivity contribution is 5.34. The molecule has 2 nitrogen and oxygen atoms in total. The molecule has 0 radical (unpaired) electrons. The summed E-state index contributed by atoms with van der Waals surface area (Å²) >= 11 is 0. The molecule has 1 N–H and O–H groups in total. The number of hydrogen-bond donors (Lipinski definition) is 1. The fraction of sp³-hybridized carbons (Fsp3) is 0.400. The van der Waals surface area contributed by atoms with Gasteiger partial charge in [-0.1, -0.05) is 18.2 Å². The first kappa shape index (κ1) is 10.4. The molecule has 1 saturated heterocycles. The Morgan fingerprint density at radius 3 is 2.47 bits per heavy atom. The van der Waals surface area contributed by atoms with Crippen LogP contribution >= 0.6 is 0 Å². The van der Waals surface area contributed by atoms with Crippen LogP contribution in [0, 0.1) is 0 Å². The van der Waals surface area contributed by atoms with Crippen molar-refractivity contribution in [3.8, 4) is 0 Å². The monoisotopic (exact) mass is 218 g/mol. The highest BCUT2D eigenvalue weighted by atomic mass is 19.4. The van der Waals surface area contributed by atoms with Gasteiger partial charge in [-0.15, -0.1) is 0 Å². The summed E-state index contributed by atoms with van der Waals surface area (Å²) < 4.78 is 42.6. The Morgan fingerprint density at radius 1 is 1.27 bits per heavy atom. The molecule has 82 valence electrons. The average molecular weight is 218 g/mol. The molecule has 1 aromatic rings. The summed E-state index contributed by atoms with van der Waals surface area (Å²) in [6.07, 6.45) is -5.48. The second kappa shape index (κ2) is 3.50. The van der Waals surface area contributed by atoms with Crippen molar-refractivity contribution in [2.75, 3.05) is 6.61 Å². The van der Waals surface area contributed by atoms with Crippen LogP contribution in [0.5, 0.6) is 0 Å².